The van der Waals surface area contributed by atoms with Crippen molar-refractivity contribution in [3.8, 4) is 0 Å². The van der Waals surface area contributed by atoms with Gasteiger partial charge in [-0.05, 0) is 25.1 Å². The molecular weight excluding hydrogens is 384 g/mol. The summed E-state index contributed by atoms with van der Waals surface area (Å²) in [5.74, 6) is -0.396. The highest BCUT2D eigenvalue weighted by molar-refractivity contribution is 6.00. The van der Waals surface area contributed by atoms with Gasteiger partial charge in [0, 0.05) is 50.9 Å². The molecule has 2 aromatic carbocycles. The van der Waals surface area contributed by atoms with Gasteiger partial charge >= 0.3 is 0 Å². The second-order valence-electron chi connectivity index (χ2n) is 7.80. The fourth-order valence-electron chi connectivity index (χ4n) is 4.16. The third-order valence-electron chi connectivity index (χ3n) is 5.83. The summed E-state index contributed by atoms with van der Waals surface area (Å²) in [4.78, 5) is 41.8. The van der Waals surface area contributed by atoms with Gasteiger partial charge in [0.25, 0.3) is 5.69 Å². The molecule has 8 nitrogen and oxygen atoms in total. The third kappa shape index (κ3) is 3.85. The van der Waals surface area contributed by atoms with Crippen molar-refractivity contribution in [2.24, 2.45) is 5.92 Å². The number of nitro groups is 1. The number of aryl methyl sites for hydroxylation is 1. The maximum Gasteiger partial charge on any atom is 0.292 e. The molecule has 2 aliphatic heterocycles. The quantitative estimate of drug-likeness (QED) is 0.573. The normalized spacial score (nSPS) is 19.3. The van der Waals surface area contributed by atoms with E-state index in [0.717, 1.165) is 11.3 Å². The van der Waals surface area contributed by atoms with Gasteiger partial charge in [0.15, 0.2) is 0 Å². The van der Waals surface area contributed by atoms with Crippen LogP contribution < -0.4 is 9.80 Å². The Balaban J connectivity index is 1.39. The highest BCUT2D eigenvalue weighted by Gasteiger charge is 2.38. The number of hydrogen-bond acceptors (Lipinski definition) is 5. The van der Waals surface area contributed by atoms with E-state index in [2.05, 4.69) is 0 Å². The van der Waals surface area contributed by atoms with Gasteiger partial charge in [-0.15, -0.1) is 0 Å². The fraction of sp³-hybridized carbons (Fsp3) is 0.364. The second kappa shape index (κ2) is 8.14. The number of nitrogens with zero attached hydrogens (tertiary/aromatic N) is 4. The molecule has 156 valence electrons. The van der Waals surface area contributed by atoms with Gasteiger partial charge in [0.1, 0.15) is 5.69 Å². The first kappa shape index (κ1) is 19.9. The number of benzene rings is 2. The third-order valence-corrected chi connectivity index (χ3v) is 5.83. The molecule has 2 heterocycles. The van der Waals surface area contributed by atoms with Crippen molar-refractivity contribution in [2.75, 3.05) is 42.5 Å². The minimum Gasteiger partial charge on any atom is -0.362 e. The summed E-state index contributed by atoms with van der Waals surface area (Å²) in [7, 11) is 0. The van der Waals surface area contributed by atoms with Crippen LogP contribution in [0.3, 0.4) is 0 Å². The van der Waals surface area contributed by atoms with E-state index in [0.29, 0.717) is 38.4 Å². The molecule has 2 fully saturated rings. The highest BCUT2D eigenvalue weighted by Crippen LogP contribution is 2.30. The minimum absolute atomic E-state index is 0.0137. The van der Waals surface area contributed by atoms with E-state index < -0.39 is 0 Å². The lowest BCUT2D eigenvalue weighted by atomic mass is 10.1. The maximum atomic E-state index is 13.0. The molecule has 0 aliphatic carbocycles. The van der Waals surface area contributed by atoms with Crippen LogP contribution in [0.15, 0.2) is 48.5 Å². The van der Waals surface area contributed by atoms with Crippen molar-refractivity contribution >= 4 is 28.9 Å². The Bertz CT molecular complexity index is 967. The molecule has 1 unspecified atom stereocenters. The molecule has 8 heteroatoms. The number of carbonyl (C=O) groups is 2. The van der Waals surface area contributed by atoms with Gasteiger partial charge in [0.2, 0.25) is 11.8 Å². The van der Waals surface area contributed by atoms with Crippen LogP contribution in [0.25, 0.3) is 0 Å². The zero-order chi connectivity index (χ0) is 21.3. The van der Waals surface area contributed by atoms with Gasteiger partial charge in [-0.1, -0.05) is 29.8 Å². The summed E-state index contributed by atoms with van der Waals surface area (Å²) < 4.78 is 0. The largest absolute Gasteiger partial charge is 0.362 e. The monoisotopic (exact) mass is 408 g/mol. The van der Waals surface area contributed by atoms with Crippen LogP contribution in [0, 0.1) is 23.0 Å². The summed E-state index contributed by atoms with van der Waals surface area (Å²) in [5, 5.41) is 11.3. The van der Waals surface area contributed by atoms with Gasteiger partial charge in [-0.3, -0.25) is 19.7 Å². The van der Waals surface area contributed by atoms with Crippen LogP contribution in [0.5, 0.6) is 0 Å². The van der Waals surface area contributed by atoms with Gasteiger partial charge in [0.05, 0.1) is 10.8 Å². The Hall–Kier alpha value is -3.42. The Morgan fingerprint density at radius 1 is 1.03 bits per heavy atom. The fourth-order valence-corrected chi connectivity index (χ4v) is 4.16. The SMILES string of the molecule is Cc1ccc(N2CC(C(=O)N3CCN(c4ccccc4[N+](=O)[O-])CC3)CC2=O)cc1. The van der Waals surface area contributed by atoms with Crippen molar-refractivity contribution in [1.82, 2.24) is 4.90 Å². The first-order chi connectivity index (χ1) is 14.4. The first-order valence-corrected chi connectivity index (χ1v) is 10.1. The standard InChI is InChI=1S/C22H24N4O4/c1-16-6-8-18(9-7-16)25-15-17(14-21(25)27)22(28)24-12-10-23(11-13-24)19-4-2-3-5-20(19)26(29)30/h2-9,17H,10-15H2,1H3. The van der Waals surface area contributed by atoms with Crippen LogP contribution in [0.2, 0.25) is 0 Å². The molecule has 0 N–H and O–H groups in total. The van der Waals surface area contributed by atoms with Crippen LogP contribution >= 0.6 is 0 Å². The maximum absolute atomic E-state index is 13.0. The van der Waals surface area contributed by atoms with E-state index in [1.165, 1.54) is 6.07 Å². The lowest BCUT2D eigenvalue weighted by molar-refractivity contribution is -0.384. The second-order valence-corrected chi connectivity index (χ2v) is 7.80. The number of para-hydroxylation sites is 2. The van der Waals surface area contributed by atoms with Gasteiger partial charge in [-0.2, -0.15) is 0 Å². The van der Waals surface area contributed by atoms with E-state index in [1.807, 2.05) is 36.1 Å². The molecule has 0 bridgehead atoms. The van der Waals surface area contributed by atoms with Crippen LogP contribution in [0.1, 0.15) is 12.0 Å². The number of carbonyl (C=O) groups excluding carboxylic acids is 2. The molecule has 1 atom stereocenters. The Kier molecular flexibility index (Phi) is 5.39. The lowest BCUT2D eigenvalue weighted by Crippen LogP contribution is -2.50. The molecule has 2 amide bonds. The van der Waals surface area contributed by atoms with Crippen molar-refractivity contribution in [1.29, 1.82) is 0 Å². The summed E-state index contributed by atoms with van der Waals surface area (Å²) in [6, 6.07) is 14.4. The number of nitro benzene ring substituents is 1. The Labute approximate surface area is 174 Å². The van der Waals surface area contributed by atoms with Crippen LogP contribution in [-0.2, 0) is 9.59 Å². The Morgan fingerprint density at radius 2 is 1.70 bits per heavy atom. The van der Waals surface area contributed by atoms with E-state index in [9.17, 15) is 19.7 Å². The van der Waals surface area contributed by atoms with E-state index in [4.69, 9.17) is 0 Å². The van der Waals surface area contributed by atoms with Crippen LogP contribution in [-0.4, -0.2) is 54.4 Å². The highest BCUT2D eigenvalue weighted by atomic mass is 16.6. The predicted octanol–water partition coefficient (Wildman–Crippen LogP) is 2.60. The number of anilines is 2. The number of rotatable bonds is 4. The first-order valence-electron chi connectivity index (χ1n) is 10.1. The molecular formula is C22H24N4O4. The number of amides is 2. The lowest BCUT2D eigenvalue weighted by Gasteiger charge is -2.36. The molecule has 30 heavy (non-hydrogen) atoms. The summed E-state index contributed by atoms with van der Waals surface area (Å²) in [6.45, 7) is 4.41. The number of hydrogen-bond donors (Lipinski definition) is 0. The van der Waals surface area contributed by atoms with Crippen molar-refractivity contribution in [3.63, 3.8) is 0 Å². The zero-order valence-corrected chi connectivity index (χ0v) is 16.9. The molecule has 2 aliphatic rings. The number of piperazine rings is 1. The molecule has 2 aromatic rings. The average molecular weight is 408 g/mol. The van der Waals surface area contributed by atoms with Crippen molar-refractivity contribution in [2.45, 2.75) is 13.3 Å². The van der Waals surface area contributed by atoms with Gasteiger partial charge < -0.3 is 14.7 Å². The minimum atomic E-state index is -0.378. The predicted molar refractivity (Wildman–Crippen MR) is 114 cm³/mol. The molecule has 0 spiro atoms. The molecule has 0 aromatic heterocycles. The summed E-state index contributed by atoms with van der Waals surface area (Å²) in [6.07, 6.45) is 0.219. The molecule has 4 rings (SSSR count). The van der Waals surface area contributed by atoms with E-state index >= 15 is 0 Å². The van der Waals surface area contributed by atoms with Crippen LogP contribution in [0.4, 0.5) is 17.1 Å². The average Bonchev–Trinajstić information content (AvgIpc) is 3.15. The zero-order valence-electron chi connectivity index (χ0n) is 16.9. The molecule has 2 saturated heterocycles. The van der Waals surface area contributed by atoms with Gasteiger partial charge in [-0.25, -0.2) is 0 Å². The van der Waals surface area contributed by atoms with E-state index in [-0.39, 0.29) is 34.8 Å². The van der Waals surface area contributed by atoms with Crippen molar-refractivity contribution in [3.05, 3.63) is 64.2 Å². The smallest absolute Gasteiger partial charge is 0.292 e. The van der Waals surface area contributed by atoms with Crippen molar-refractivity contribution < 1.29 is 14.5 Å². The summed E-state index contributed by atoms with van der Waals surface area (Å²) in [5.41, 5.74) is 2.60. The molecule has 0 saturated carbocycles. The molecule has 0 radical (unpaired) electrons. The van der Waals surface area contributed by atoms with E-state index in [1.54, 1.807) is 28.0 Å². The summed E-state index contributed by atoms with van der Waals surface area (Å²) >= 11 is 0. The topological polar surface area (TPSA) is 87.0 Å². The Morgan fingerprint density at radius 3 is 2.37 bits per heavy atom.